The summed E-state index contributed by atoms with van der Waals surface area (Å²) in [4.78, 5) is 15.8. The molecule has 5 rings (SSSR count). The van der Waals surface area contributed by atoms with Crippen molar-refractivity contribution < 1.29 is 18.0 Å². The van der Waals surface area contributed by atoms with Crippen LogP contribution in [0.15, 0.2) is 24.3 Å². The highest BCUT2D eigenvalue weighted by atomic mass is 32.1. The Labute approximate surface area is 160 Å². The van der Waals surface area contributed by atoms with Crippen LogP contribution in [0, 0.1) is 5.92 Å². The highest BCUT2D eigenvalue weighted by Crippen LogP contribution is 2.39. The molecule has 0 unspecified atom stereocenters. The largest absolute Gasteiger partial charge is 0.393 e. The Morgan fingerprint density at radius 3 is 2.63 bits per heavy atom. The number of benzene rings is 1. The van der Waals surface area contributed by atoms with E-state index in [0.717, 1.165) is 37.3 Å². The second-order valence-electron chi connectivity index (χ2n) is 8.17. The maximum absolute atomic E-state index is 12.9. The lowest BCUT2D eigenvalue weighted by atomic mass is 9.72. The zero-order chi connectivity index (χ0) is 19.4. The number of nitrogens with one attached hydrogen (secondary N) is 1. The predicted molar refractivity (Wildman–Crippen MR) is 101 cm³/mol. The highest BCUT2D eigenvalue weighted by Gasteiger charge is 2.48. The van der Waals surface area contributed by atoms with Gasteiger partial charge in [0.05, 0.1) is 11.3 Å². The first-order valence-corrected chi connectivity index (χ1v) is 10.1. The van der Waals surface area contributed by atoms with E-state index < -0.39 is 12.6 Å². The molecule has 3 aliphatic heterocycles. The van der Waals surface area contributed by atoms with Crippen molar-refractivity contribution in [3.63, 3.8) is 0 Å². The quantitative estimate of drug-likeness (QED) is 0.822. The molecule has 1 N–H and O–H groups in total. The van der Waals surface area contributed by atoms with Gasteiger partial charge in [-0.15, -0.1) is 11.3 Å². The van der Waals surface area contributed by atoms with Crippen LogP contribution in [0.5, 0.6) is 0 Å². The van der Waals surface area contributed by atoms with Crippen molar-refractivity contribution in [3.05, 3.63) is 34.7 Å². The molecule has 3 fully saturated rings. The topological polar surface area (TPSA) is 32.3 Å². The third-order valence-electron chi connectivity index (χ3n) is 6.11. The van der Waals surface area contributed by atoms with Crippen molar-refractivity contribution in [2.24, 2.45) is 5.92 Å². The molecule has 2 bridgehead atoms. The molecule has 4 heterocycles. The highest BCUT2D eigenvalue weighted by molar-refractivity contribution is 7.21. The first-order valence-electron chi connectivity index (χ1n) is 9.29. The van der Waals surface area contributed by atoms with Crippen LogP contribution in [0.4, 0.5) is 13.2 Å². The van der Waals surface area contributed by atoms with Gasteiger partial charge in [-0.3, -0.25) is 9.69 Å². The van der Waals surface area contributed by atoms with Crippen LogP contribution in [-0.2, 0) is 6.42 Å². The van der Waals surface area contributed by atoms with E-state index in [1.54, 1.807) is 18.2 Å². The van der Waals surface area contributed by atoms with Crippen molar-refractivity contribution in [1.29, 1.82) is 0 Å². The van der Waals surface area contributed by atoms with Gasteiger partial charge in [-0.1, -0.05) is 18.2 Å². The zero-order valence-electron chi connectivity index (χ0n) is 15.4. The number of fused-ring (bicyclic) bond motifs is 4. The molecule has 7 heteroatoms. The van der Waals surface area contributed by atoms with Gasteiger partial charge in [0.25, 0.3) is 5.91 Å². The van der Waals surface area contributed by atoms with Gasteiger partial charge in [0, 0.05) is 16.3 Å². The summed E-state index contributed by atoms with van der Waals surface area (Å²) in [5.74, 6) is 0.283. The molecule has 0 saturated carbocycles. The van der Waals surface area contributed by atoms with Crippen LogP contribution in [0.2, 0.25) is 0 Å². The minimum absolute atomic E-state index is 0.0624. The van der Waals surface area contributed by atoms with Crippen LogP contribution >= 0.6 is 11.3 Å². The lowest BCUT2D eigenvalue weighted by Crippen LogP contribution is -2.69. The number of piperidine rings is 3. The third-order valence-corrected chi connectivity index (χ3v) is 7.34. The number of hydrogen-bond acceptors (Lipinski definition) is 3. The first-order chi connectivity index (χ1) is 12.6. The lowest BCUT2D eigenvalue weighted by molar-refractivity contribution is -0.126. The van der Waals surface area contributed by atoms with E-state index in [1.807, 2.05) is 0 Å². The molecule has 1 amide bonds. The Balaban J connectivity index is 1.59. The summed E-state index contributed by atoms with van der Waals surface area (Å²) >= 11 is 1.16. The summed E-state index contributed by atoms with van der Waals surface area (Å²) in [6, 6.07) is 6.65. The number of rotatable bonds is 3. The SMILES string of the molecule is CC1(C)[C@@H](NC(=O)c2cc3cccc(CC(F)(F)F)c3s2)C2CCN1CC2. The van der Waals surface area contributed by atoms with Gasteiger partial charge in [-0.2, -0.15) is 13.2 Å². The van der Waals surface area contributed by atoms with Gasteiger partial charge in [0.1, 0.15) is 0 Å². The van der Waals surface area contributed by atoms with Crippen molar-refractivity contribution in [3.8, 4) is 0 Å². The molecule has 146 valence electrons. The zero-order valence-corrected chi connectivity index (χ0v) is 16.2. The molecule has 0 spiro atoms. The molecule has 1 aromatic heterocycles. The van der Waals surface area contributed by atoms with Crippen LogP contribution < -0.4 is 5.32 Å². The normalized spacial score (nSPS) is 27.1. The Morgan fingerprint density at radius 1 is 1.30 bits per heavy atom. The average Bonchev–Trinajstić information content (AvgIpc) is 3.02. The fourth-order valence-electron chi connectivity index (χ4n) is 4.68. The summed E-state index contributed by atoms with van der Waals surface area (Å²) < 4.78 is 39.1. The Kier molecular flexibility index (Phi) is 4.50. The van der Waals surface area contributed by atoms with Gasteiger partial charge in [-0.05, 0) is 62.7 Å². The molecule has 0 radical (unpaired) electrons. The molecule has 3 nitrogen and oxygen atoms in total. The van der Waals surface area contributed by atoms with Crippen LogP contribution in [0.3, 0.4) is 0 Å². The van der Waals surface area contributed by atoms with E-state index >= 15 is 0 Å². The number of nitrogens with zero attached hydrogens (tertiary/aromatic N) is 1. The number of thiophene rings is 1. The summed E-state index contributed by atoms with van der Waals surface area (Å²) in [5.41, 5.74) is 0.127. The number of amides is 1. The van der Waals surface area contributed by atoms with Crippen LogP contribution in [-0.4, -0.2) is 41.7 Å². The number of carbonyl (C=O) groups is 1. The Hall–Kier alpha value is -1.60. The van der Waals surface area contributed by atoms with E-state index in [9.17, 15) is 18.0 Å². The molecule has 3 aliphatic rings. The third kappa shape index (κ3) is 3.47. The minimum Gasteiger partial charge on any atom is -0.346 e. The molecular formula is C20H23F3N2OS. The summed E-state index contributed by atoms with van der Waals surface area (Å²) in [5, 5.41) is 3.89. The molecular weight excluding hydrogens is 373 g/mol. The number of alkyl halides is 3. The molecule has 1 atom stereocenters. The van der Waals surface area contributed by atoms with Crippen LogP contribution in [0.1, 0.15) is 41.9 Å². The summed E-state index contributed by atoms with van der Waals surface area (Å²) in [7, 11) is 0. The van der Waals surface area contributed by atoms with Crippen molar-refractivity contribution >= 4 is 27.3 Å². The van der Waals surface area contributed by atoms with Crippen LogP contribution in [0.25, 0.3) is 10.1 Å². The van der Waals surface area contributed by atoms with E-state index in [2.05, 4.69) is 24.1 Å². The standard InChI is InChI=1S/C20H23F3N2OS/c1-19(2)17(12-6-8-25(19)9-7-12)24-18(26)15-10-13-4-3-5-14(16(13)27-15)11-20(21,22)23/h3-5,10,12,17H,6-9,11H2,1-2H3,(H,24,26)/t17-/m0/s1. The maximum atomic E-state index is 12.9. The fraction of sp³-hybridized carbons (Fsp3) is 0.550. The minimum atomic E-state index is -4.26. The molecule has 3 saturated heterocycles. The van der Waals surface area contributed by atoms with Gasteiger partial charge >= 0.3 is 6.18 Å². The number of carbonyl (C=O) groups excluding carboxylic acids is 1. The van der Waals surface area contributed by atoms with Crippen molar-refractivity contribution in [1.82, 2.24) is 10.2 Å². The maximum Gasteiger partial charge on any atom is 0.393 e. The lowest BCUT2D eigenvalue weighted by Gasteiger charge is -2.56. The Bertz CT molecular complexity index is 866. The number of halogens is 3. The molecule has 1 aromatic carbocycles. The van der Waals surface area contributed by atoms with Gasteiger partial charge in [0.2, 0.25) is 0 Å². The molecule has 27 heavy (non-hydrogen) atoms. The average molecular weight is 396 g/mol. The van der Waals surface area contributed by atoms with Crippen molar-refractivity contribution in [2.45, 2.75) is 50.9 Å². The number of hydrogen-bond donors (Lipinski definition) is 1. The first kappa shape index (κ1) is 18.7. The Morgan fingerprint density at radius 2 is 2.00 bits per heavy atom. The fourth-order valence-corrected chi connectivity index (χ4v) is 5.75. The van der Waals surface area contributed by atoms with E-state index in [0.29, 0.717) is 20.9 Å². The smallest absolute Gasteiger partial charge is 0.346 e. The van der Waals surface area contributed by atoms with Crippen molar-refractivity contribution in [2.75, 3.05) is 13.1 Å². The second kappa shape index (κ2) is 6.48. The molecule has 2 aromatic rings. The predicted octanol–water partition coefficient (Wildman–Crippen LogP) is 4.61. The molecule has 0 aliphatic carbocycles. The van der Waals surface area contributed by atoms with Gasteiger partial charge in [0.15, 0.2) is 0 Å². The van der Waals surface area contributed by atoms with Gasteiger partial charge in [-0.25, -0.2) is 0 Å². The monoisotopic (exact) mass is 396 g/mol. The van der Waals surface area contributed by atoms with E-state index in [4.69, 9.17) is 0 Å². The second-order valence-corrected chi connectivity index (χ2v) is 9.22. The summed E-state index contributed by atoms with van der Waals surface area (Å²) in [6.45, 7) is 6.45. The summed E-state index contributed by atoms with van der Waals surface area (Å²) in [6.07, 6.45) is -3.08. The van der Waals surface area contributed by atoms with E-state index in [-0.39, 0.29) is 23.1 Å². The van der Waals surface area contributed by atoms with E-state index in [1.165, 1.54) is 6.07 Å². The van der Waals surface area contributed by atoms with Gasteiger partial charge < -0.3 is 5.32 Å².